The predicted molar refractivity (Wildman–Crippen MR) is 80.4 cm³/mol. The fourth-order valence-electron chi connectivity index (χ4n) is 1.74. The summed E-state index contributed by atoms with van der Waals surface area (Å²) in [7, 11) is 0. The maximum absolute atomic E-state index is 12.1. The Hall–Kier alpha value is -2.69. The average molecular weight is 346 g/mol. The molecule has 0 aromatic heterocycles. The zero-order valence-electron chi connectivity index (χ0n) is 13.3. The Morgan fingerprint density at radius 3 is 1.88 bits per heavy atom. The van der Waals surface area contributed by atoms with Crippen LogP contribution in [0.25, 0.3) is 0 Å². The van der Waals surface area contributed by atoms with Crippen molar-refractivity contribution in [2.24, 2.45) is 17.4 Å². The molecule has 0 saturated heterocycles. The third-order valence-corrected chi connectivity index (χ3v) is 3.00. The normalized spacial score (nSPS) is 14.3. The van der Waals surface area contributed by atoms with Gasteiger partial charge in [0, 0.05) is 0 Å². The summed E-state index contributed by atoms with van der Waals surface area (Å²) in [6, 6.07) is -4.06. The quantitative estimate of drug-likeness (QED) is 0.246. The zero-order chi connectivity index (χ0) is 19.0. The van der Waals surface area contributed by atoms with E-state index in [0.29, 0.717) is 0 Å². The SMILES string of the molecule is CC(C)C(NC(=O)C(N)CC(N)=O)C(=O)NC(CC(=O)O)C(=O)O. The van der Waals surface area contributed by atoms with Crippen LogP contribution in [0.5, 0.6) is 0 Å². The number of primary amides is 1. The first-order valence-electron chi connectivity index (χ1n) is 7.04. The molecule has 11 heteroatoms. The topological polar surface area (TPSA) is 202 Å². The summed E-state index contributed by atoms with van der Waals surface area (Å²) in [6.45, 7) is 3.16. The number of carboxylic acid groups (broad SMARTS) is 2. The molecule has 3 atom stereocenters. The molecule has 0 aliphatic rings. The molecule has 0 bridgehead atoms. The van der Waals surface area contributed by atoms with Crippen molar-refractivity contribution in [1.82, 2.24) is 10.6 Å². The van der Waals surface area contributed by atoms with E-state index in [-0.39, 0.29) is 0 Å². The monoisotopic (exact) mass is 346 g/mol. The minimum atomic E-state index is -1.65. The maximum atomic E-state index is 12.1. The summed E-state index contributed by atoms with van der Waals surface area (Å²) < 4.78 is 0. The van der Waals surface area contributed by atoms with E-state index in [1.807, 2.05) is 5.32 Å². The lowest BCUT2D eigenvalue weighted by Gasteiger charge is -2.24. The molecule has 0 rings (SSSR count). The second-order valence-electron chi connectivity index (χ2n) is 5.50. The molecule has 0 fully saturated rings. The highest BCUT2D eigenvalue weighted by molar-refractivity contribution is 5.94. The van der Waals surface area contributed by atoms with E-state index in [4.69, 9.17) is 21.7 Å². The van der Waals surface area contributed by atoms with Crippen LogP contribution in [0.2, 0.25) is 0 Å². The first kappa shape index (κ1) is 21.3. The van der Waals surface area contributed by atoms with E-state index in [1.54, 1.807) is 13.8 Å². The van der Waals surface area contributed by atoms with Gasteiger partial charge in [-0.25, -0.2) is 4.79 Å². The van der Waals surface area contributed by atoms with Crippen LogP contribution >= 0.6 is 0 Å². The van der Waals surface area contributed by atoms with Crippen molar-refractivity contribution >= 4 is 29.7 Å². The van der Waals surface area contributed by atoms with Gasteiger partial charge in [0.1, 0.15) is 12.1 Å². The first-order chi connectivity index (χ1) is 11.0. The first-order valence-corrected chi connectivity index (χ1v) is 7.04. The van der Waals surface area contributed by atoms with E-state index in [2.05, 4.69) is 5.32 Å². The lowest BCUT2D eigenvalue weighted by Crippen LogP contribution is -2.56. The molecular weight excluding hydrogens is 324 g/mol. The third kappa shape index (κ3) is 7.54. The lowest BCUT2D eigenvalue weighted by molar-refractivity contribution is -0.147. The molecule has 11 nitrogen and oxygen atoms in total. The van der Waals surface area contributed by atoms with Crippen LogP contribution in [0.15, 0.2) is 0 Å². The van der Waals surface area contributed by atoms with Crippen LogP contribution < -0.4 is 22.1 Å². The molecule has 0 saturated carbocycles. The number of carbonyl (C=O) groups excluding carboxylic acids is 3. The Morgan fingerprint density at radius 2 is 1.50 bits per heavy atom. The number of aliphatic carboxylic acids is 2. The highest BCUT2D eigenvalue weighted by Gasteiger charge is 2.31. The molecule has 0 aliphatic heterocycles. The van der Waals surface area contributed by atoms with Crippen LogP contribution in [0.1, 0.15) is 26.7 Å². The van der Waals surface area contributed by atoms with Gasteiger partial charge < -0.3 is 32.3 Å². The molecule has 0 aliphatic carbocycles. The van der Waals surface area contributed by atoms with Gasteiger partial charge in [0.25, 0.3) is 0 Å². The molecule has 136 valence electrons. The Labute approximate surface area is 137 Å². The Balaban J connectivity index is 5.00. The van der Waals surface area contributed by atoms with Crippen molar-refractivity contribution in [3.8, 4) is 0 Å². The third-order valence-electron chi connectivity index (χ3n) is 3.00. The molecule has 24 heavy (non-hydrogen) atoms. The zero-order valence-corrected chi connectivity index (χ0v) is 13.3. The standard InChI is InChI=1S/C13H22N4O7/c1-5(2)10(17-11(21)6(14)3-8(15)18)12(22)16-7(13(23)24)4-9(19)20/h5-7,10H,3-4,14H2,1-2H3,(H2,15,18)(H,16,22)(H,17,21)(H,19,20)(H,23,24). The highest BCUT2D eigenvalue weighted by Crippen LogP contribution is 2.05. The molecule has 0 spiro atoms. The second-order valence-corrected chi connectivity index (χ2v) is 5.50. The summed E-state index contributed by atoms with van der Waals surface area (Å²) in [5.74, 6) is -5.86. The van der Waals surface area contributed by atoms with Crippen LogP contribution in [-0.2, 0) is 24.0 Å². The smallest absolute Gasteiger partial charge is 0.326 e. The minimum absolute atomic E-state index is 0.422. The van der Waals surface area contributed by atoms with Gasteiger partial charge >= 0.3 is 11.9 Å². The van der Waals surface area contributed by atoms with E-state index in [1.165, 1.54) is 0 Å². The summed E-state index contributed by atoms with van der Waals surface area (Å²) in [6.07, 6.45) is -1.24. The molecule has 0 heterocycles. The largest absolute Gasteiger partial charge is 0.481 e. The van der Waals surface area contributed by atoms with Crippen LogP contribution in [0.4, 0.5) is 0 Å². The number of hydrogen-bond donors (Lipinski definition) is 6. The van der Waals surface area contributed by atoms with Crippen LogP contribution in [0, 0.1) is 5.92 Å². The van der Waals surface area contributed by atoms with Gasteiger partial charge in [0.05, 0.1) is 18.9 Å². The summed E-state index contributed by atoms with van der Waals surface area (Å²) >= 11 is 0. The molecular formula is C13H22N4O7. The highest BCUT2D eigenvalue weighted by atomic mass is 16.4. The number of amides is 3. The van der Waals surface area contributed by atoms with E-state index >= 15 is 0 Å². The number of nitrogens with two attached hydrogens (primary N) is 2. The van der Waals surface area contributed by atoms with Gasteiger partial charge in [-0.2, -0.15) is 0 Å². The van der Waals surface area contributed by atoms with Crippen molar-refractivity contribution in [1.29, 1.82) is 0 Å². The number of nitrogens with one attached hydrogen (secondary N) is 2. The van der Waals surface area contributed by atoms with Crippen LogP contribution in [0.3, 0.4) is 0 Å². The van der Waals surface area contributed by atoms with Gasteiger partial charge in [0.2, 0.25) is 17.7 Å². The number of carboxylic acids is 2. The molecule has 0 aromatic carbocycles. The summed E-state index contributed by atoms with van der Waals surface area (Å²) in [4.78, 5) is 56.4. The average Bonchev–Trinajstić information content (AvgIpc) is 2.41. The van der Waals surface area contributed by atoms with Crippen LogP contribution in [-0.4, -0.2) is 58.0 Å². The molecule has 8 N–H and O–H groups in total. The Bertz CT molecular complexity index is 520. The lowest BCUT2D eigenvalue weighted by atomic mass is 10.0. The summed E-state index contributed by atoms with van der Waals surface area (Å²) in [5.41, 5.74) is 10.4. The number of carbonyl (C=O) groups is 5. The van der Waals surface area contributed by atoms with E-state index in [9.17, 15) is 24.0 Å². The maximum Gasteiger partial charge on any atom is 0.326 e. The second kappa shape index (κ2) is 9.45. The van der Waals surface area contributed by atoms with Gasteiger partial charge in [-0.15, -0.1) is 0 Å². The minimum Gasteiger partial charge on any atom is -0.481 e. The van der Waals surface area contributed by atoms with Crippen molar-refractivity contribution in [2.45, 2.75) is 44.8 Å². The Morgan fingerprint density at radius 1 is 0.958 bits per heavy atom. The van der Waals surface area contributed by atoms with Gasteiger partial charge in [0.15, 0.2) is 0 Å². The van der Waals surface area contributed by atoms with Crippen molar-refractivity contribution in [3.63, 3.8) is 0 Å². The van der Waals surface area contributed by atoms with Crippen molar-refractivity contribution in [2.75, 3.05) is 0 Å². The fraction of sp³-hybridized carbons (Fsp3) is 0.615. The molecule has 0 aromatic rings. The van der Waals surface area contributed by atoms with Gasteiger partial charge in [-0.3, -0.25) is 19.2 Å². The predicted octanol–water partition coefficient (Wildman–Crippen LogP) is -2.63. The summed E-state index contributed by atoms with van der Waals surface area (Å²) in [5, 5.41) is 21.9. The molecule has 3 amide bonds. The fourth-order valence-corrected chi connectivity index (χ4v) is 1.74. The van der Waals surface area contributed by atoms with Crippen molar-refractivity contribution in [3.05, 3.63) is 0 Å². The van der Waals surface area contributed by atoms with Crippen molar-refractivity contribution < 1.29 is 34.2 Å². The number of hydrogen-bond acceptors (Lipinski definition) is 6. The number of rotatable bonds is 10. The van der Waals surface area contributed by atoms with Gasteiger partial charge in [-0.05, 0) is 5.92 Å². The van der Waals surface area contributed by atoms with E-state index in [0.717, 1.165) is 0 Å². The molecule has 0 radical (unpaired) electrons. The Kier molecular flexibility index (Phi) is 8.39. The van der Waals surface area contributed by atoms with Gasteiger partial charge in [-0.1, -0.05) is 13.8 Å². The molecule has 3 unspecified atom stereocenters. The van der Waals surface area contributed by atoms with E-state index < -0.39 is 66.5 Å².